The molecule has 1 heterocycles. The van der Waals surface area contributed by atoms with Crippen LogP contribution in [0.4, 0.5) is 11.4 Å². The van der Waals surface area contributed by atoms with Gasteiger partial charge in [-0.15, -0.1) is 0 Å². The Morgan fingerprint density at radius 2 is 2.07 bits per heavy atom. The summed E-state index contributed by atoms with van der Waals surface area (Å²) < 4.78 is 3.43. The zero-order valence-corrected chi connectivity index (χ0v) is 16.2. The summed E-state index contributed by atoms with van der Waals surface area (Å²) >= 11 is 1.55. The molecule has 2 aromatic carbocycles. The minimum absolute atomic E-state index is 0.792. The van der Waals surface area contributed by atoms with Gasteiger partial charge in [-0.05, 0) is 55.1 Å². The molecule has 0 bridgehead atoms. The standard InChI is InChI=1S/C21H25N5S/c1-2-3-7-17(22)15-26(23)18-8-5-9-19(13-18)27-25-21-10-4-6-16-14-24-12-11-20(16)21/h4-6,8-15,25H,2-3,7,22-23H2,1H3/b17-15-. The van der Waals surface area contributed by atoms with E-state index in [1.54, 1.807) is 29.4 Å². The molecule has 0 amide bonds. The van der Waals surface area contributed by atoms with E-state index < -0.39 is 0 Å². The number of unbranched alkanes of at least 4 members (excludes halogenated alkanes) is 1. The number of anilines is 2. The maximum atomic E-state index is 6.16. The van der Waals surface area contributed by atoms with Crippen LogP contribution in [0.15, 0.2) is 77.7 Å². The van der Waals surface area contributed by atoms with Crippen molar-refractivity contribution in [3.63, 3.8) is 0 Å². The predicted octanol–water partition coefficient (Wildman–Crippen LogP) is 5.02. The van der Waals surface area contributed by atoms with Crippen molar-refractivity contribution in [3.8, 4) is 0 Å². The molecule has 0 aliphatic heterocycles. The molecule has 3 aromatic rings. The van der Waals surface area contributed by atoms with Gasteiger partial charge in [-0.1, -0.05) is 31.5 Å². The van der Waals surface area contributed by atoms with E-state index in [9.17, 15) is 0 Å². The van der Waals surface area contributed by atoms with Crippen LogP contribution >= 0.6 is 11.9 Å². The van der Waals surface area contributed by atoms with Crippen LogP contribution in [-0.4, -0.2) is 4.98 Å². The fraction of sp³-hybridized carbons (Fsp3) is 0.190. The number of nitrogens with two attached hydrogens (primary N) is 2. The summed E-state index contributed by atoms with van der Waals surface area (Å²) in [7, 11) is 0. The number of hydrazine groups is 1. The highest BCUT2D eigenvalue weighted by atomic mass is 32.2. The molecule has 6 heteroatoms. The molecule has 0 atom stereocenters. The largest absolute Gasteiger partial charge is 0.401 e. The number of rotatable bonds is 8. The lowest BCUT2D eigenvalue weighted by Crippen LogP contribution is -2.26. The Bertz CT molecular complexity index is 920. The highest BCUT2D eigenvalue weighted by molar-refractivity contribution is 8.00. The Labute approximate surface area is 164 Å². The average molecular weight is 380 g/mol. The second kappa shape index (κ2) is 9.30. The van der Waals surface area contributed by atoms with Crippen molar-refractivity contribution in [2.45, 2.75) is 31.1 Å². The maximum absolute atomic E-state index is 6.16. The number of nitrogens with one attached hydrogen (secondary N) is 1. The van der Waals surface area contributed by atoms with Gasteiger partial charge >= 0.3 is 0 Å². The molecule has 0 aliphatic carbocycles. The number of nitrogens with zero attached hydrogens (tertiary/aromatic N) is 2. The molecule has 5 nitrogen and oxygen atoms in total. The average Bonchev–Trinajstić information content (AvgIpc) is 2.71. The monoisotopic (exact) mass is 379 g/mol. The zero-order valence-electron chi connectivity index (χ0n) is 15.4. The molecule has 0 saturated carbocycles. The van der Waals surface area contributed by atoms with Crippen LogP contribution in [0.5, 0.6) is 0 Å². The lowest BCUT2D eigenvalue weighted by atomic mass is 10.1. The SMILES string of the molecule is CCCC/C(N)=C/N(N)c1cccc(SNc2cccc3cnccc23)c1. The smallest absolute Gasteiger partial charge is 0.0580 e. The highest BCUT2D eigenvalue weighted by Gasteiger charge is 2.04. The normalized spacial score (nSPS) is 11.6. The molecule has 1 aromatic heterocycles. The van der Waals surface area contributed by atoms with Crippen molar-refractivity contribution >= 4 is 34.1 Å². The van der Waals surface area contributed by atoms with Crippen LogP contribution in [0.25, 0.3) is 10.8 Å². The van der Waals surface area contributed by atoms with E-state index in [1.807, 2.05) is 42.6 Å². The van der Waals surface area contributed by atoms with Crippen LogP contribution in [-0.2, 0) is 0 Å². The van der Waals surface area contributed by atoms with Gasteiger partial charge in [-0.2, -0.15) is 0 Å². The molecule has 0 fully saturated rings. The number of aromatic nitrogens is 1. The second-order valence-electron chi connectivity index (χ2n) is 6.32. The summed E-state index contributed by atoms with van der Waals surface area (Å²) in [5.41, 5.74) is 8.78. The third-order valence-electron chi connectivity index (χ3n) is 4.20. The van der Waals surface area contributed by atoms with Gasteiger partial charge in [0.1, 0.15) is 0 Å². The van der Waals surface area contributed by atoms with Crippen LogP contribution in [0.3, 0.4) is 0 Å². The van der Waals surface area contributed by atoms with E-state index in [2.05, 4.69) is 28.8 Å². The van der Waals surface area contributed by atoms with Gasteiger partial charge in [0.25, 0.3) is 0 Å². The Balaban J connectivity index is 1.70. The summed E-state index contributed by atoms with van der Waals surface area (Å²) in [5.74, 6) is 6.16. The maximum Gasteiger partial charge on any atom is 0.0580 e. The van der Waals surface area contributed by atoms with Crippen molar-refractivity contribution in [1.29, 1.82) is 0 Å². The van der Waals surface area contributed by atoms with Crippen molar-refractivity contribution in [3.05, 3.63) is 72.8 Å². The van der Waals surface area contributed by atoms with Crippen LogP contribution in [0.1, 0.15) is 26.2 Å². The van der Waals surface area contributed by atoms with Gasteiger partial charge in [0, 0.05) is 40.0 Å². The summed E-state index contributed by atoms with van der Waals surface area (Å²) in [6, 6.07) is 16.2. The molecule has 0 unspecified atom stereocenters. The van der Waals surface area contributed by atoms with E-state index >= 15 is 0 Å². The van der Waals surface area contributed by atoms with E-state index in [0.717, 1.165) is 52.0 Å². The van der Waals surface area contributed by atoms with Gasteiger partial charge in [-0.25, -0.2) is 5.84 Å². The second-order valence-corrected chi connectivity index (χ2v) is 7.20. The number of benzene rings is 2. The van der Waals surface area contributed by atoms with Gasteiger partial charge in [0.2, 0.25) is 0 Å². The molecular weight excluding hydrogens is 354 g/mol. The number of pyridine rings is 1. The number of hydrogen-bond donors (Lipinski definition) is 3. The zero-order chi connectivity index (χ0) is 19.1. The quantitative estimate of drug-likeness (QED) is 0.289. The van der Waals surface area contributed by atoms with Crippen LogP contribution in [0.2, 0.25) is 0 Å². The van der Waals surface area contributed by atoms with Crippen LogP contribution < -0.4 is 21.3 Å². The van der Waals surface area contributed by atoms with Crippen molar-refractivity contribution in [2.24, 2.45) is 11.6 Å². The number of fused-ring (bicyclic) bond motifs is 1. The Morgan fingerprint density at radius 3 is 2.93 bits per heavy atom. The molecule has 27 heavy (non-hydrogen) atoms. The van der Waals surface area contributed by atoms with Crippen molar-refractivity contribution < 1.29 is 0 Å². The van der Waals surface area contributed by atoms with Gasteiger partial charge in [-0.3, -0.25) is 9.99 Å². The molecular formula is C21H25N5S. The van der Waals surface area contributed by atoms with Crippen LogP contribution in [0, 0.1) is 0 Å². The van der Waals surface area contributed by atoms with Gasteiger partial charge in [0.05, 0.1) is 11.4 Å². The molecule has 5 N–H and O–H groups in total. The lowest BCUT2D eigenvalue weighted by Gasteiger charge is -2.16. The first-order valence-corrected chi connectivity index (χ1v) is 9.85. The Morgan fingerprint density at radius 1 is 1.22 bits per heavy atom. The first-order valence-electron chi connectivity index (χ1n) is 9.03. The van der Waals surface area contributed by atoms with Gasteiger partial charge < -0.3 is 10.5 Å². The van der Waals surface area contributed by atoms with E-state index in [1.165, 1.54) is 0 Å². The van der Waals surface area contributed by atoms with Crippen molar-refractivity contribution in [1.82, 2.24) is 4.98 Å². The minimum Gasteiger partial charge on any atom is -0.401 e. The summed E-state index contributed by atoms with van der Waals surface area (Å²) in [6.07, 6.45) is 8.51. The third kappa shape index (κ3) is 5.15. The fourth-order valence-electron chi connectivity index (χ4n) is 2.73. The fourth-order valence-corrected chi connectivity index (χ4v) is 3.46. The summed E-state index contributed by atoms with van der Waals surface area (Å²) in [5, 5.41) is 3.83. The Kier molecular flexibility index (Phi) is 6.57. The molecule has 0 saturated heterocycles. The molecule has 0 spiro atoms. The third-order valence-corrected chi connectivity index (χ3v) is 5.01. The highest BCUT2D eigenvalue weighted by Crippen LogP contribution is 2.29. The van der Waals surface area contributed by atoms with E-state index in [0.29, 0.717) is 0 Å². The number of allylic oxidation sites excluding steroid dienone is 1. The van der Waals surface area contributed by atoms with Gasteiger partial charge in [0.15, 0.2) is 0 Å². The first-order chi connectivity index (χ1) is 13.2. The summed E-state index contributed by atoms with van der Waals surface area (Å²) in [6.45, 7) is 2.15. The minimum atomic E-state index is 0.792. The molecule has 140 valence electrons. The lowest BCUT2D eigenvalue weighted by molar-refractivity contribution is 0.776. The van der Waals surface area contributed by atoms with E-state index in [-0.39, 0.29) is 0 Å². The van der Waals surface area contributed by atoms with Crippen molar-refractivity contribution in [2.75, 3.05) is 9.73 Å². The Hall–Kier alpha value is -2.70. The molecule has 0 radical (unpaired) electrons. The summed E-state index contributed by atoms with van der Waals surface area (Å²) in [4.78, 5) is 5.24. The topological polar surface area (TPSA) is 80.2 Å². The predicted molar refractivity (Wildman–Crippen MR) is 116 cm³/mol. The molecule has 0 aliphatic rings. The molecule has 3 rings (SSSR count). The number of hydrogen-bond acceptors (Lipinski definition) is 6. The van der Waals surface area contributed by atoms with E-state index in [4.69, 9.17) is 11.6 Å². The first kappa shape index (κ1) is 19.1.